The topological polar surface area (TPSA) is 152 Å². The Morgan fingerprint density at radius 1 is 0.571 bits per heavy atom. The molecule has 0 aromatic carbocycles. The molecule has 0 spiro atoms. The minimum absolute atomic E-state index is 0.103. The minimum Gasteiger partial charge on any atom is -0.462 e. The predicted molar refractivity (Wildman–Crippen MR) is 224 cm³/mol. The largest absolute Gasteiger partial charge is 0.462 e. The molecule has 4 N–H and O–H groups in total. The van der Waals surface area contributed by atoms with Crippen molar-refractivity contribution in [3.63, 3.8) is 0 Å². The van der Waals surface area contributed by atoms with Gasteiger partial charge in [-0.15, -0.1) is 0 Å². The number of aliphatic hydroxyl groups is 4. The number of carbonyl (C=O) groups is 2. The van der Waals surface area contributed by atoms with E-state index in [0.29, 0.717) is 12.8 Å². The summed E-state index contributed by atoms with van der Waals surface area (Å²) in [5, 5.41) is 40.0. The average Bonchev–Trinajstić information content (AvgIpc) is 3.19. The van der Waals surface area contributed by atoms with Crippen LogP contribution in [0.4, 0.5) is 0 Å². The van der Waals surface area contributed by atoms with E-state index in [4.69, 9.17) is 18.9 Å². The normalized spacial score (nSPS) is 21.1. The van der Waals surface area contributed by atoms with Crippen LogP contribution in [0, 0.1) is 0 Å². The summed E-state index contributed by atoms with van der Waals surface area (Å²) in [5.41, 5.74) is 0. The maximum absolute atomic E-state index is 12.7. The van der Waals surface area contributed by atoms with Crippen molar-refractivity contribution in [2.75, 3.05) is 19.8 Å². The molecular formula is C46H76O10. The SMILES string of the molecule is CC/C=C/C/C=C/C/C=C/C/C=C/C/C=C/C/C=C/CCC(=O)O[C@H](COC(=O)CCCCCCCCCCCCCC)CO[C@@H]1O[C@H](CO)[C@H](O)C(O)C1O. The molecule has 1 aliphatic rings. The number of unbranched alkanes of at least 4 members (excludes halogenated alkanes) is 11. The first-order valence-corrected chi connectivity index (χ1v) is 21.5. The fourth-order valence-electron chi connectivity index (χ4n) is 5.98. The molecule has 0 radical (unpaired) electrons. The molecule has 1 aliphatic heterocycles. The number of esters is 2. The molecule has 0 amide bonds. The van der Waals surface area contributed by atoms with Crippen LogP contribution in [0.2, 0.25) is 0 Å². The van der Waals surface area contributed by atoms with E-state index in [1.807, 2.05) is 12.2 Å². The molecule has 0 aliphatic carbocycles. The van der Waals surface area contributed by atoms with Gasteiger partial charge in [-0.1, -0.05) is 157 Å². The molecule has 1 fully saturated rings. The highest BCUT2D eigenvalue weighted by Crippen LogP contribution is 2.22. The monoisotopic (exact) mass is 789 g/mol. The van der Waals surface area contributed by atoms with Gasteiger partial charge < -0.3 is 39.4 Å². The lowest BCUT2D eigenvalue weighted by molar-refractivity contribution is -0.305. The number of carbonyl (C=O) groups excluding carboxylic acids is 2. The van der Waals surface area contributed by atoms with E-state index in [1.54, 1.807) is 0 Å². The summed E-state index contributed by atoms with van der Waals surface area (Å²) in [6.45, 7) is 3.21. The van der Waals surface area contributed by atoms with Gasteiger partial charge in [-0.05, 0) is 51.4 Å². The van der Waals surface area contributed by atoms with Gasteiger partial charge in [0.05, 0.1) is 13.2 Å². The van der Waals surface area contributed by atoms with E-state index < -0.39 is 55.4 Å². The van der Waals surface area contributed by atoms with Gasteiger partial charge in [-0.3, -0.25) is 9.59 Å². The molecule has 2 unspecified atom stereocenters. The lowest BCUT2D eigenvalue weighted by atomic mass is 9.99. The average molecular weight is 789 g/mol. The van der Waals surface area contributed by atoms with E-state index in [2.05, 4.69) is 74.6 Å². The summed E-state index contributed by atoms with van der Waals surface area (Å²) in [4.78, 5) is 25.2. The zero-order chi connectivity index (χ0) is 40.9. The minimum atomic E-state index is -1.61. The molecule has 6 atom stereocenters. The molecule has 0 saturated carbocycles. The smallest absolute Gasteiger partial charge is 0.306 e. The number of rotatable bonds is 34. The summed E-state index contributed by atoms with van der Waals surface area (Å²) in [6.07, 6.45) is 37.8. The quantitative estimate of drug-likeness (QED) is 0.0283. The molecule has 0 bridgehead atoms. The zero-order valence-corrected chi connectivity index (χ0v) is 34.6. The van der Waals surface area contributed by atoms with Gasteiger partial charge >= 0.3 is 11.9 Å². The second-order valence-corrected chi connectivity index (χ2v) is 14.4. The number of ether oxygens (including phenoxy) is 4. The number of allylic oxidation sites excluding steroid dienone is 12. The van der Waals surface area contributed by atoms with Crippen LogP contribution in [0.1, 0.15) is 149 Å². The molecule has 0 aromatic rings. The molecule has 0 aromatic heterocycles. The summed E-state index contributed by atoms with van der Waals surface area (Å²) >= 11 is 0. The molecule has 10 heteroatoms. The van der Waals surface area contributed by atoms with E-state index in [9.17, 15) is 30.0 Å². The Labute approximate surface area is 338 Å². The van der Waals surface area contributed by atoms with Gasteiger partial charge in [0.2, 0.25) is 0 Å². The van der Waals surface area contributed by atoms with Crippen LogP contribution >= 0.6 is 0 Å². The Morgan fingerprint density at radius 3 is 1.55 bits per heavy atom. The first kappa shape index (κ1) is 51.2. The van der Waals surface area contributed by atoms with Crippen molar-refractivity contribution in [1.82, 2.24) is 0 Å². The van der Waals surface area contributed by atoms with Gasteiger partial charge in [0.25, 0.3) is 0 Å². The maximum atomic E-state index is 12.7. The number of hydrogen-bond donors (Lipinski definition) is 4. The fraction of sp³-hybridized carbons (Fsp3) is 0.696. The van der Waals surface area contributed by atoms with Gasteiger partial charge in [0, 0.05) is 12.8 Å². The van der Waals surface area contributed by atoms with Crippen molar-refractivity contribution >= 4 is 11.9 Å². The molecule has 10 nitrogen and oxygen atoms in total. The molecular weight excluding hydrogens is 712 g/mol. The van der Waals surface area contributed by atoms with Crippen LogP contribution in [-0.4, -0.2) is 89.0 Å². The Kier molecular flexibility index (Phi) is 33.3. The van der Waals surface area contributed by atoms with Crippen LogP contribution in [0.25, 0.3) is 0 Å². The number of aliphatic hydroxyl groups excluding tert-OH is 4. The van der Waals surface area contributed by atoms with E-state index >= 15 is 0 Å². The highest BCUT2D eigenvalue weighted by atomic mass is 16.7. The third kappa shape index (κ3) is 27.7. The van der Waals surface area contributed by atoms with Crippen molar-refractivity contribution in [3.05, 3.63) is 72.9 Å². The predicted octanol–water partition coefficient (Wildman–Crippen LogP) is 8.83. The Hall–Kier alpha value is -2.86. The highest BCUT2D eigenvalue weighted by molar-refractivity contribution is 5.70. The van der Waals surface area contributed by atoms with Crippen molar-refractivity contribution < 1.29 is 49.0 Å². The first-order valence-electron chi connectivity index (χ1n) is 21.5. The van der Waals surface area contributed by atoms with Gasteiger partial charge in [-0.2, -0.15) is 0 Å². The first-order chi connectivity index (χ1) is 27.3. The van der Waals surface area contributed by atoms with Gasteiger partial charge in [0.1, 0.15) is 31.0 Å². The van der Waals surface area contributed by atoms with Crippen molar-refractivity contribution in [2.45, 2.75) is 185 Å². The van der Waals surface area contributed by atoms with Crippen molar-refractivity contribution in [3.8, 4) is 0 Å². The van der Waals surface area contributed by atoms with Crippen LogP contribution in [0.3, 0.4) is 0 Å². The van der Waals surface area contributed by atoms with Crippen LogP contribution in [-0.2, 0) is 28.5 Å². The highest BCUT2D eigenvalue weighted by Gasteiger charge is 2.44. The van der Waals surface area contributed by atoms with E-state index in [0.717, 1.165) is 57.8 Å². The lowest BCUT2D eigenvalue weighted by Gasteiger charge is -2.39. The standard InChI is InChI=1S/C46H76O10/c1-3-5-7-9-11-13-15-17-18-19-20-21-22-23-25-27-29-31-33-35-42(49)55-39(38-54-46-45(52)44(51)43(50)40(36-47)56-46)37-53-41(48)34-32-30-28-26-24-16-14-12-10-8-6-4-2/h5,7,11,13,17-18,20-21,23,25,29,31,39-40,43-47,50-52H,3-4,6,8-10,12,14-16,19,22,24,26-28,30,32-38H2,1-2H3/b7-5+,13-11+,18-17+,21-20+,25-23+,31-29+/t39-,40-,43+,44?,45?,46-/m1/s1. The molecule has 56 heavy (non-hydrogen) atoms. The fourth-order valence-corrected chi connectivity index (χ4v) is 5.98. The van der Waals surface area contributed by atoms with Crippen LogP contribution in [0.5, 0.6) is 0 Å². The molecule has 1 heterocycles. The third-order valence-electron chi connectivity index (χ3n) is 9.37. The zero-order valence-electron chi connectivity index (χ0n) is 34.6. The Morgan fingerprint density at radius 2 is 1.05 bits per heavy atom. The Balaban J connectivity index is 2.42. The van der Waals surface area contributed by atoms with Crippen LogP contribution in [0.15, 0.2) is 72.9 Å². The Bertz CT molecular complexity index is 1140. The second kappa shape index (κ2) is 36.5. The maximum Gasteiger partial charge on any atom is 0.306 e. The summed E-state index contributed by atoms with van der Waals surface area (Å²) in [6, 6.07) is 0. The number of hydrogen-bond acceptors (Lipinski definition) is 10. The molecule has 320 valence electrons. The molecule has 1 saturated heterocycles. The van der Waals surface area contributed by atoms with Gasteiger partial charge in [-0.25, -0.2) is 0 Å². The van der Waals surface area contributed by atoms with E-state index in [1.165, 1.54) is 51.4 Å². The third-order valence-corrected chi connectivity index (χ3v) is 9.37. The van der Waals surface area contributed by atoms with Crippen molar-refractivity contribution in [1.29, 1.82) is 0 Å². The summed E-state index contributed by atoms with van der Waals surface area (Å²) in [5.74, 6) is -0.909. The van der Waals surface area contributed by atoms with E-state index in [-0.39, 0.29) is 26.1 Å². The summed E-state index contributed by atoms with van der Waals surface area (Å²) in [7, 11) is 0. The van der Waals surface area contributed by atoms with Crippen LogP contribution < -0.4 is 0 Å². The van der Waals surface area contributed by atoms with Gasteiger partial charge in [0.15, 0.2) is 12.4 Å². The second-order valence-electron chi connectivity index (χ2n) is 14.4. The van der Waals surface area contributed by atoms with Crippen molar-refractivity contribution in [2.24, 2.45) is 0 Å². The lowest BCUT2D eigenvalue weighted by Crippen LogP contribution is -2.59. The molecule has 1 rings (SSSR count). The summed E-state index contributed by atoms with van der Waals surface area (Å²) < 4.78 is 22.0.